The summed E-state index contributed by atoms with van der Waals surface area (Å²) in [7, 11) is 1.68. The molecule has 3 aromatic rings. The SMILES string of the molecule is COc1ccc(-c2ccc3c(O)cccc3c2)cc1C. The molecule has 100 valence electrons. The number of rotatable bonds is 2. The first-order valence-corrected chi connectivity index (χ1v) is 6.56. The van der Waals surface area contributed by atoms with Crippen molar-refractivity contribution >= 4 is 10.8 Å². The van der Waals surface area contributed by atoms with E-state index in [1.807, 2.05) is 37.3 Å². The molecule has 0 fully saturated rings. The van der Waals surface area contributed by atoms with Crippen LogP contribution in [0.4, 0.5) is 0 Å². The maximum Gasteiger partial charge on any atom is 0.123 e. The highest BCUT2D eigenvalue weighted by atomic mass is 16.5. The lowest BCUT2D eigenvalue weighted by molar-refractivity contribution is 0.412. The molecule has 3 rings (SSSR count). The standard InChI is InChI=1S/C18H16O2/c1-12-10-13(7-9-18(12)20-2)14-6-8-16-15(11-14)4-3-5-17(16)19/h3-11,19H,1-2H3. The van der Waals surface area contributed by atoms with Crippen molar-refractivity contribution in [3.8, 4) is 22.6 Å². The van der Waals surface area contributed by atoms with Crippen LogP contribution in [0.15, 0.2) is 54.6 Å². The Balaban J connectivity index is 2.12. The van der Waals surface area contributed by atoms with Crippen molar-refractivity contribution in [3.63, 3.8) is 0 Å². The molecule has 0 aliphatic rings. The number of hydrogen-bond acceptors (Lipinski definition) is 2. The Morgan fingerprint density at radius 3 is 2.40 bits per heavy atom. The third-order valence-corrected chi connectivity index (χ3v) is 3.59. The number of phenolic OH excluding ortho intramolecular Hbond substituents is 1. The largest absolute Gasteiger partial charge is 0.507 e. The highest BCUT2D eigenvalue weighted by Gasteiger charge is 2.05. The van der Waals surface area contributed by atoms with Crippen LogP contribution < -0.4 is 4.74 Å². The van der Waals surface area contributed by atoms with Crippen LogP contribution >= 0.6 is 0 Å². The molecule has 2 nitrogen and oxygen atoms in total. The molecular formula is C18H16O2. The summed E-state index contributed by atoms with van der Waals surface area (Å²) < 4.78 is 5.29. The normalized spacial score (nSPS) is 10.7. The summed E-state index contributed by atoms with van der Waals surface area (Å²) in [6, 6.07) is 17.8. The van der Waals surface area contributed by atoms with Gasteiger partial charge in [-0.15, -0.1) is 0 Å². The highest BCUT2D eigenvalue weighted by molar-refractivity contribution is 5.91. The first-order valence-electron chi connectivity index (χ1n) is 6.56. The molecule has 0 unspecified atom stereocenters. The zero-order chi connectivity index (χ0) is 14.1. The number of aromatic hydroxyl groups is 1. The molecule has 0 heterocycles. The number of aryl methyl sites for hydroxylation is 1. The third kappa shape index (κ3) is 2.10. The van der Waals surface area contributed by atoms with Gasteiger partial charge in [0.15, 0.2) is 0 Å². The lowest BCUT2D eigenvalue weighted by atomic mass is 9.99. The van der Waals surface area contributed by atoms with Crippen LogP contribution in [0.2, 0.25) is 0 Å². The molecule has 0 atom stereocenters. The Bertz CT molecular complexity index is 775. The molecule has 0 amide bonds. The van der Waals surface area contributed by atoms with Crippen LogP contribution in [0.5, 0.6) is 11.5 Å². The van der Waals surface area contributed by atoms with Gasteiger partial charge in [0.1, 0.15) is 11.5 Å². The van der Waals surface area contributed by atoms with Crippen molar-refractivity contribution in [2.45, 2.75) is 6.92 Å². The summed E-state index contributed by atoms with van der Waals surface area (Å²) in [4.78, 5) is 0. The average molecular weight is 264 g/mol. The molecule has 0 bridgehead atoms. The molecule has 20 heavy (non-hydrogen) atoms. The number of phenols is 1. The third-order valence-electron chi connectivity index (χ3n) is 3.59. The Kier molecular flexibility index (Phi) is 3.07. The minimum absolute atomic E-state index is 0.319. The van der Waals surface area contributed by atoms with Gasteiger partial charge in [0, 0.05) is 5.39 Å². The molecule has 0 aliphatic heterocycles. The van der Waals surface area contributed by atoms with Crippen LogP contribution in [0.3, 0.4) is 0 Å². The zero-order valence-corrected chi connectivity index (χ0v) is 11.6. The van der Waals surface area contributed by atoms with Gasteiger partial charge in [-0.1, -0.05) is 30.3 Å². The Morgan fingerprint density at radius 2 is 1.65 bits per heavy atom. The van der Waals surface area contributed by atoms with Gasteiger partial charge < -0.3 is 9.84 Å². The quantitative estimate of drug-likeness (QED) is 0.737. The summed E-state index contributed by atoms with van der Waals surface area (Å²) >= 11 is 0. The van der Waals surface area contributed by atoms with E-state index in [9.17, 15) is 5.11 Å². The van der Waals surface area contributed by atoms with Crippen LogP contribution in [-0.4, -0.2) is 12.2 Å². The van der Waals surface area contributed by atoms with E-state index in [4.69, 9.17) is 4.74 Å². The summed E-state index contributed by atoms with van der Waals surface area (Å²) in [5.41, 5.74) is 3.39. The van der Waals surface area contributed by atoms with Gasteiger partial charge in [0.2, 0.25) is 0 Å². The summed E-state index contributed by atoms with van der Waals surface area (Å²) in [6.07, 6.45) is 0. The van der Waals surface area contributed by atoms with Gasteiger partial charge in [0.25, 0.3) is 0 Å². The molecule has 2 heteroatoms. The van der Waals surface area contributed by atoms with E-state index >= 15 is 0 Å². The van der Waals surface area contributed by atoms with E-state index in [-0.39, 0.29) is 0 Å². The molecular weight excluding hydrogens is 248 g/mol. The fourth-order valence-electron chi connectivity index (χ4n) is 2.50. The molecule has 1 N–H and O–H groups in total. The lowest BCUT2D eigenvalue weighted by Crippen LogP contribution is -1.87. The molecule has 3 aromatic carbocycles. The average Bonchev–Trinajstić information content (AvgIpc) is 2.47. The van der Waals surface area contributed by atoms with E-state index in [1.165, 1.54) is 0 Å². The summed E-state index contributed by atoms with van der Waals surface area (Å²) in [5.74, 6) is 1.21. The minimum Gasteiger partial charge on any atom is -0.507 e. The Labute approximate surface area is 118 Å². The lowest BCUT2D eigenvalue weighted by Gasteiger charge is -2.09. The summed E-state index contributed by atoms with van der Waals surface area (Å²) in [6.45, 7) is 2.04. The van der Waals surface area contributed by atoms with Crippen molar-refractivity contribution in [3.05, 3.63) is 60.2 Å². The number of hydrogen-bond donors (Lipinski definition) is 1. The Morgan fingerprint density at radius 1 is 0.900 bits per heavy atom. The van der Waals surface area contributed by atoms with E-state index in [2.05, 4.69) is 18.2 Å². The molecule has 0 aromatic heterocycles. The van der Waals surface area contributed by atoms with Crippen molar-refractivity contribution in [2.75, 3.05) is 7.11 Å². The zero-order valence-electron chi connectivity index (χ0n) is 11.6. The number of benzene rings is 3. The van der Waals surface area contributed by atoms with Gasteiger partial charge in [0.05, 0.1) is 7.11 Å². The van der Waals surface area contributed by atoms with E-state index in [0.717, 1.165) is 33.2 Å². The van der Waals surface area contributed by atoms with Crippen LogP contribution in [0, 0.1) is 6.92 Å². The van der Waals surface area contributed by atoms with Crippen molar-refractivity contribution in [1.82, 2.24) is 0 Å². The van der Waals surface area contributed by atoms with Gasteiger partial charge >= 0.3 is 0 Å². The second kappa shape index (κ2) is 4.89. The van der Waals surface area contributed by atoms with Gasteiger partial charge in [-0.2, -0.15) is 0 Å². The number of fused-ring (bicyclic) bond motifs is 1. The predicted octanol–water partition coefficient (Wildman–Crippen LogP) is 4.53. The van der Waals surface area contributed by atoms with Crippen LogP contribution in [-0.2, 0) is 0 Å². The monoisotopic (exact) mass is 264 g/mol. The van der Waals surface area contributed by atoms with Crippen molar-refractivity contribution in [1.29, 1.82) is 0 Å². The Hall–Kier alpha value is -2.48. The smallest absolute Gasteiger partial charge is 0.123 e. The maximum atomic E-state index is 9.83. The highest BCUT2D eigenvalue weighted by Crippen LogP contribution is 2.31. The van der Waals surface area contributed by atoms with E-state index in [1.54, 1.807) is 13.2 Å². The van der Waals surface area contributed by atoms with E-state index in [0.29, 0.717) is 5.75 Å². The summed E-state index contributed by atoms with van der Waals surface area (Å²) in [5, 5.41) is 11.7. The van der Waals surface area contributed by atoms with Crippen molar-refractivity contribution < 1.29 is 9.84 Å². The number of ether oxygens (including phenoxy) is 1. The molecule has 0 aliphatic carbocycles. The second-order valence-corrected chi connectivity index (χ2v) is 4.90. The molecule has 0 spiro atoms. The van der Waals surface area contributed by atoms with Crippen LogP contribution in [0.1, 0.15) is 5.56 Å². The first-order chi connectivity index (χ1) is 9.69. The minimum atomic E-state index is 0.319. The molecule has 0 saturated heterocycles. The fraction of sp³-hybridized carbons (Fsp3) is 0.111. The van der Waals surface area contributed by atoms with Crippen LogP contribution in [0.25, 0.3) is 21.9 Å². The fourth-order valence-corrected chi connectivity index (χ4v) is 2.50. The first kappa shape index (κ1) is 12.5. The maximum absolute atomic E-state index is 9.83. The topological polar surface area (TPSA) is 29.5 Å². The van der Waals surface area contributed by atoms with Gasteiger partial charge in [-0.25, -0.2) is 0 Å². The van der Waals surface area contributed by atoms with Crippen molar-refractivity contribution in [2.24, 2.45) is 0 Å². The second-order valence-electron chi connectivity index (χ2n) is 4.90. The molecule has 0 radical (unpaired) electrons. The number of methoxy groups -OCH3 is 1. The van der Waals surface area contributed by atoms with Gasteiger partial charge in [-0.3, -0.25) is 0 Å². The predicted molar refractivity (Wildman–Crippen MR) is 82.3 cm³/mol. The van der Waals surface area contributed by atoms with E-state index < -0.39 is 0 Å². The molecule has 0 saturated carbocycles. The van der Waals surface area contributed by atoms with Gasteiger partial charge in [-0.05, 0) is 53.3 Å².